The van der Waals surface area contributed by atoms with Crippen molar-refractivity contribution >= 4 is 10.8 Å². The first-order valence-corrected chi connectivity index (χ1v) is 6.96. The van der Waals surface area contributed by atoms with Crippen molar-refractivity contribution in [3.05, 3.63) is 47.5 Å². The molecular weight excluding hydrogens is 218 g/mol. The number of fused-ring (bicyclic) bond motifs is 2. The fraction of sp³-hybridized carbons (Fsp3) is 0.412. The van der Waals surface area contributed by atoms with E-state index in [1.165, 1.54) is 29.3 Å². The molecule has 2 aromatic rings. The van der Waals surface area contributed by atoms with Crippen molar-refractivity contribution in [3.8, 4) is 0 Å². The van der Waals surface area contributed by atoms with Gasteiger partial charge in [0, 0.05) is 11.5 Å². The number of benzene rings is 2. The lowest BCUT2D eigenvalue weighted by Gasteiger charge is -2.22. The third-order valence-corrected chi connectivity index (χ3v) is 5.24. The summed E-state index contributed by atoms with van der Waals surface area (Å²) in [5.74, 6) is 0.860. The lowest BCUT2D eigenvalue weighted by Crippen LogP contribution is -2.31. The molecule has 0 radical (unpaired) electrons. The van der Waals surface area contributed by atoms with Crippen molar-refractivity contribution in [2.75, 3.05) is 6.54 Å². The van der Waals surface area contributed by atoms with E-state index in [1.54, 1.807) is 5.56 Å². The largest absolute Gasteiger partial charge is 0.313 e. The topological polar surface area (TPSA) is 12.0 Å². The third kappa shape index (κ3) is 1.16. The van der Waals surface area contributed by atoms with Crippen LogP contribution in [0.4, 0.5) is 0 Å². The van der Waals surface area contributed by atoms with Gasteiger partial charge in [0.2, 0.25) is 0 Å². The Morgan fingerprint density at radius 3 is 2.56 bits per heavy atom. The second-order valence-corrected chi connectivity index (χ2v) is 6.05. The van der Waals surface area contributed by atoms with Gasteiger partial charge in [0.1, 0.15) is 0 Å². The van der Waals surface area contributed by atoms with Crippen LogP contribution in [-0.4, -0.2) is 12.6 Å². The first-order valence-electron chi connectivity index (χ1n) is 6.96. The van der Waals surface area contributed by atoms with Crippen molar-refractivity contribution in [2.24, 2.45) is 5.92 Å². The van der Waals surface area contributed by atoms with Crippen LogP contribution >= 0.6 is 0 Å². The van der Waals surface area contributed by atoms with Crippen molar-refractivity contribution < 1.29 is 0 Å². The van der Waals surface area contributed by atoms with Crippen LogP contribution in [0.2, 0.25) is 0 Å². The zero-order chi connectivity index (χ0) is 12.3. The number of piperidine rings is 1. The number of nitrogens with one attached hydrogen (secondary N) is 1. The summed E-state index contributed by atoms with van der Waals surface area (Å²) in [4.78, 5) is 0. The van der Waals surface area contributed by atoms with Crippen LogP contribution in [0.25, 0.3) is 10.8 Å². The quantitative estimate of drug-likeness (QED) is 0.801. The van der Waals surface area contributed by atoms with Crippen molar-refractivity contribution in [1.29, 1.82) is 0 Å². The Labute approximate surface area is 108 Å². The lowest BCUT2D eigenvalue weighted by molar-refractivity contribution is 0.523. The fourth-order valence-corrected chi connectivity index (χ4v) is 4.05. The van der Waals surface area contributed by atoms with Crippen LogP contribution in [0.1, 0.15) is 24.5 Å². The van der Waals surface area contributed by atoms with Crippen LogP contribution in [0.3, 0.4) is 0 Å². The van der Waals surface area contributed by atoms with E-state index in [4.69, 9.17) is 0 Å². The van der Waals surface area contributed by atoms with E-state index < -0.39 is 0 Å². The van der Waals surface area contributed by atoms with Gasteiger partial charge in [-0.25, -0.2) is 0 Å². The van der Waals surface area contributed by atoms with E-state index in [0.717, 1.165) is 5.92 Å². The Balaban J connectivity index is 2.00. The Morgan fingerprint density at radius 1 is 1.11 bits per heavy atom. The summed E-state index contributed by atoms with van der Waals surface area (Å²) in [7, 11) is 0. The molecule has 0 spiro atoms. The van der Waals surface area contributed by atoms with Crippen LogP contribution in [0.15, 0.2) is 36.4 Å². The smallest absolute Gasteiger partial charge is 0.0154 e. The summed E-state index contributed by atoms with van der Waals surface area (Å²) < 4.78 is 0. The average molecular weight is 237 g/mol. The molecule has 2 aromatic carbocycles. The molecule has 3 atom stereocenters. The average Bonchev–Trinajstić information content (AvgIpc) is 3.04. The minimum absolute atomic E-state index is 0.424. The number of rotatable bonds is 1. The van der Waals surface area contributed by atoms with E-state index in [-0.39, 0.29) is 0 Å². The second kappa shape index (κ2) is 3.36. The summed E-state index contributed by atoms with van der Waals surface area (Å²) in [6.07, 6.45) is 1.37. The van der Waals surface area contributed by atoms with Gasteiger partial charge >= 0.3 is 0 Å². The molecule has 1 saturated carbocycles. The number of hydrogen-bond donors (Lipinski definition) is 1. The predicted molar refractivity (Wildman–Crippen MR) is 75.9 cm³/mol. The lowest BCUT2D eigenvalue weighted by atomic mass is 9.84. The second-order valence-electron chi connectivity index (χ2n) is 6.05. The maximum Gasteiger partial charge on any atom is 0.0154 e. The van der Waals surface area contributed by atoms with E-state index in [2.05, 4.69) is 55.6 Å². The Morgan fingerprint density at radius 2 is 1.89 bits per heavy atom. The van der Waals surface area contributed by atoms with Gasteiger partial charge in [-0.3, -0.25) is 0 Å². The molecule has 1 aliphatic heterocycles. The van der Waals surface area contributed by atoms with Crippen LogP contribution < -0.4 is 5.32 Å². The van der Waals surface area contributed by atoms with Crippen LogP contribution in [-0.2, 0) is 5.41 Å². The molecule has 3 unspecified atom stereocenters. The van der Waals surface area contributed by atoms with Gasteiger partial charge in [-0.1, -0.05) is 36.4 Å². The first-order chi connectivity index (χ1) is 8.73. The zero-order valence-electron chi connectivity index (χ0n) is 11.0. The van der Waals surface area contributed by atoms with Crippen molar-refractivity contribution in [1.82, 2.24) is 5.32 Å². The van der Waals surface area contributed by atoms with Crippen LogP contribution in [0, 0.1) is 12.8 Å². The molecule has 18 heavy (non-hydrogen) atoms. The molecule has 1 aliphatic carbocycles. The molecule has 4 rings (SSSR count). The standard InChI is InChI=1S/C17H19N/c1-11-7-8-16(15-6-4-3-5-14(11)15)17-9-13(17)10-18-12(17)2/h3-8,12-13,18H,9-10H2,1-2H3. The fourth-order valence-electron chi connectivity index (χ4n) is 4.05. The molecule has 92 valence electrons. The highest BCUT2D eigenvalue weighted by atomic mass is 15.0. The third-order valence-electron chi connectivity index (χ3n) is 5.24. The van der Waals surface area contributed by atoms with Gasteiger partial charge in [0.15, 0.2) is 0 Å². The molecule has 2 aliphatic rings. The monoisotopic (exact) mass is 237 g/mol. The zero-order valence-corrected chi connectivity index (χ0v) is 11.0. The van der Waals surface area contributed by atoms with E-state index >= 15 is 0 Å². The molecule has 0 amide bonds. The summed E-state index contributed by atoms with van der Waals surface area (Å²) in [6.45, 7) is 5.76. The normalized spacial score (nSPS) is 33.7. The van der Waals surface area contributed by atoms with E-state index in [1.807, 2.05) is 0 Å². The molecule has 1 heterocycles. The predicted octanol–water partition coefficient (Wildman–Crippen LogP) is 3.40. The highest BCUT2D eigenvalue weighted by Gasteiger charge is 2.62. The molecular formula is C17H19N. The molecule has 2 fully saturated rings. The molecule has 1 saturated heterocycles. The van der Waals surface area contributed by atoms with Crippen molar-refractivity contribution in [3.63, 3.8) is 0 Å². The van der Waals surface area contributed by atoms with E-state index in [9.17, 15) is 0 Å². The van der Waals surface area contributed by atoms with E-state index in [0.29, 0.717) is 11.5 Å². The van der Waals surface area contributed by atoms with Gasteiger partial charge in [-0.05, 0) is 54.6 Å². The molecule has 0 aromatic heterocycles. The summed E-state index contributed by atoms with van der Waals surface area (Å²) in [5, 5.41) is 6.53. The highest BCUT2D eigenvalue weighted by molar-refractivity contribution is 5.90. The number of aryl methyl sites for hydroxylation is 1. The van der Waals surface area contributed by atoms with Crippen LogP contribution in [0.5, 0.6) is 0 Å². The minimum atomic E-state index is 0.424. The van der Waals surface area contributed by atoms with Gasteiger partial charge in [0.05, 0.1) is 0 Å². The SMILES string of the molecule is Cc1ccc(C23CC2CNC3C)c2ccccc12. The maximum absolute atomic E-state index is 3.64. The van der Waals surface area contributed by atoms with Gasteiger partial charge < -0.3 is 5.32 Å². The minimum Gasteiger partial charge on any atom is -0.313 e. The van der Waals surface area contributed by atoms with Gasteiger partial charge in [0.25, 0.3) is 0 Å². The van der Waals surface area contributed by atoms with Gasteiger partial charge in [-0.15, -0.1) is 0 Å². The molecule has 1 nitrogen and oxygen atoms in total. The summed E-state index contributed by atoms with van der Waals surface area (Å²) in [5.41, 5.74) is 3.39. The summed E-state index contributed by atoms with van der Waals surface area (Å²) in [6, 6.07) is 14.2. The number of hydrogen-bond acceptors (Lipinski definition) is 1. The highest BCUT2D eigenvalue weighted by Crippen LogP contribution is 2.60. The summed E-state index contributed by atoms with van der Waals surface area (Å²) >= 11 is 0. The molecule has 1 heteroatoms. The molecule has 0 bridgehead atoms. The Hall–Kier alpha value is -1.34. The first kappa shape index (κ1) is 10.6. The Bertz CT molecular complexity index is 631. The molecule has 1 N–H and O–H groups in total. The Kier molecular flexibility index (Phi) is 1.97. The van der Waals surface area contributed by atoms with Gasteiger partial charge in [-0.2, -0.15) is 0 Å². The van der Waals surface area contributed by atoms with Crippen molar-refractivity contribution in [2.45, 2.75) is 31.7 Å². The maximum atomic E-state index is 3.64.